The van der Waals surface area contributed by atoms with E-state index in [1.807, 2.05) is 0 Å². The first-order chi connectivity index (χ1) is 5.47. The first kappa shape index (κ1) is 9.91. The van der Waals surface area contributed by atoms with Crippen molar-refractivity contribution in [1.82, 2.24) is 0 Å². The van der Waals surface area contributed by atoms with E-state index in [0.29, 0.717) is 10.8 Å². The van der Waals surface area contributed by atoms with Gasteiger partial charge >= 0.3 is 6.72 Å². The standard InChI is InChI=1S/C7H7Cl2O2P/c1-12(9,10)11-7-4-2-6(8)3-5-7/h2-5H,1H3. The number of halogens is 2. The van der Waals surface area contributed by atoms with E-state index in [-0.39, 0.29) is 0 Å². The summed E-state index contributed by atoms with van der Waals surface area (Å²) >= 11 is 11.0. The lowest BCUT2D eigenvalue weighted by Gasteiger charge is -2.06. The minimum absolute atomic E-state index is 0.459. The summed E-state index contributed by atoms with van der Waals surface area (Å²) in [5.74, 6) is 0.459. The van der Waals surface area contributed by atoms with Crippen LogP contribution in [-0.2, 0) is 4.57 Å². The van der Waals surface area contributed by atoms with E-state index in [9.17, 15) is 4.57 Å². The first-order valence-corrected chi connectivity index (χ1v) is 6.55. The second-order valence-electron chi connectivity index (χ2n) is 2.29. The third-order valence-electron chi connectivity index (χ3n) is 1.08. The van der Waals surface area contributed by atoms with Crippen molar-refractivity contribution in [1.29, 1.82) is 0 Å². The molecule has 1 rings (SSSR count). The van der Waals surface area contributed by atoms with Crippen LogP contribution in [0.2, 0.25) is 5.02 Å². The Kier molecular flexibility index (Phi) is 3.05. The van der Waals surface area contributed by atoms with Gasteiger partial charge in [0.2, 0.25) is 0 Å². The average Bonchev–Trinajstić information content (AvgIpc) is 1.91. The molecule has 5 heteroatoms. The normalized spacial score (nSPS) is 15.2. The Morgan fingerprint density at radius 2 is 1.83 bits per heavy atom. The second-order valence-corrected chi connectivity index (χ2v) is 6.25. The van der Waals surface area contributed by atoms with Gasteiger partial charge in [-0.1, -0.05) is 11.6 Å². The van der Waals surface area contributed by atoms with Crippen LogP contribution in [0.15, 0.2) is 24.3 Å². The molecular weight excluding hydrogens is 218 g/mol. The summed E-state index contributed by atoms with van der Waals surface area (Å²) in [4.78, 5) is 0. The third kappa shape index (κ3) is 3.48. The highest BCUT2D eigenvalue weighted by Crippen LogP contribution is 2.48. The average molecular weight is 225 g/mol. The minimum Gasteiger partial charge on any atom is -0.433 e. The molecule has 0 radical (unpaired) electrons. The van der Waals surface area contributed by atoms with Gasteiger partial charge in [-0.3, -0.25) is 4.57 Å². The molecule has 1 aromatic carbocycles. The summed E-state index contributed by atoms with van der Waals surface area (Å²) in [6.07, 6.45) is 0. The zero-order valence-corrected chi connectivity index (χ0v) is 8.74. The summed E-state index contributed by atoms with van der Waals surface area (Å²) in [6, 6.07) is 6.51. The Balaban J connectivity index is 2.78. The predicted octanol–water partition coefficient (Wildman–Crippen LogP) is 3.78. The summed E-state index contributed by atoms with van der Waals surface area (Å²) in [6.45, 7) is -1.64. The van der Waals surface area contributed by atoms with Crippen molar-refractivity contribution in [2.75, 3.05) is 6.66 Å². The van der Waals surface area contributed by atoms with E-state index in [1.165, 1.54) is 6.66 Å². The zero-order valence-electron chi connectivity index (χ0n) is 6.33. The highest BCUT2D eigenvalue weighted by molar-refractivity contribution is 7.85. The van der Waals surface area contributed by atoms with Crippen LogP contribution in [-0.4, -0.2) is 6.66 Å². The SMILES string of the molecule is CP(=O)(Cl)Oc1ccc(Cl)cc1. The van der Waals surface area contributed by atoms with E-state index in [4.69, 9.17) is 27.4 Å². The van der Waals surface area contributed by atoms with Crippen molar-refractivity contribution in [2.45, 2.75) is 0 Å². The topological polar surface area (TPSA) is 26.3 Å². The lowest BCUT2D eigenvalue weighted by atomic mass is 10.3. The van der Waals surface area contributed by atoms with E-state index >= 15 is 0 Å². The largest absolute Gasteiger partial charge is 0.433 e. The van der Waals surface area contributed by atoms with Gasteiger partial charge in [0.05, 0.1) is 0 Å². The minimum atomic E-state index is -2.97. The fraction of sp³-hybridized carbons (Fsp3) is 0.143. The van der Waals surface area contributed by atoms with Gasteiger partial charge in [0.25, 0.3) is 0 Å². The molecule has 1 unspecified atom stereocenters. The molecule has 0 aliphatic rings. The molecule has 0 spiro atoms. The molecule has 0 amide bonds. The Bertz CT molecular complexity index is 304. The van der Waals surface area contributed by atoms with E-state index in [1.54, 1.807) is 24.3 Å². The van der Waals surface area contributed by atoms with Gasteiger partial charge in [0.1, 0.15) is 5.75 Å². The maximum atomic E-state index is 11.0. The number of benzene rings is 1. The smallest absolute Gasteiger partial charge is 0.333 e. The Morgan fingerprint density at radius 3 is 2.25 bits per heavy atom. The van der Waals surface area contributed by atoms with Gasteiger partial charge in [-0.2, -0.15) is 0 Å². The first-order valence-electron chi connectivity index (χ1n) is 3.20. The summed E-state index contributed by atoms with van der Waals surface area (Å²) in [5.41, 5.74) is 0. The molecule has 0 bridgehead atoms. The molecule has 0 aliphatic carbocycles. The molecule has 66 valence electrons. The molecule has 0 saturated carbocycles. The van der Waals surface area contributed by atoms with Gasteiger partial charge in [-0.25, -0.2) is 0 Å². The molecule has 0 aliphatic heterocycles. The highest BCUT2D eigenvalue weighted by atomic mass is 35.7. The lowest BCUT2D eigenvalue weighted by Crippen LogP contribution is -1.83. The van der Waals surface area contributed by atoms with E-state index < -0.39 is 6.72 Å². The lowest BCUT2D eigenvalue weighted by molar-refractivity contribution is 0.504. The van der Waals surface area contributed by atoms with E-state index in [0.717, 1.165) is 0 Å². The van der Waals surface area contributed by atoms with Crippen LogP contribution in [0.4, 0.5) is 0 Å². The Labute approximate surface area is 80.7 Å². The molecule has 0 heterocycles. The maximum Gasteiger partial charge on any atom is 0.333 e. The van der Waals surface area contributed by atoms with Crippen molar-refractivity contribution < 1.29 is 9.09 Å². The summed E-state index contributed by atoms with van der Waals surface area (Å²) < 4.78 is 15.9. The molecule has 2 nitrogen and oxygen atoms in total. The molecule has 1 aromatic rings. The fourth-order valence-corrected chi connectivity index (χ4v) is 1.55. The van der Waals surface area contributed by atoms with Crippen molar-refractivity contribution in [3.63, 3.8) is 0 Å². The monoisotopic (exact) mass is 224 g/mol. The van der Waals surface area contributed by atoms with Crippen LogP contribution in [0.1, 0.15) is 0 Å². The maximum absolute atomic E-state index is 11.0. The molecule has 0 aromatic heterocycles. The fourth-order valence-electron chi connectivity index (χ4n) is 0.684. The quantitative estimate of drug-likeness (QED) is 0.715. The Morgan fingerprint density at radius 1 is 1.33 bits per heavy atom. The van der Waals surface area contributed by atoms with E-state index in [2.05, 4.69) is 0 Å². The number of hydrogen-bond donors (Lipinski definition) is 0. The van der Waals surface area contributed by atoms with Gasteiger partial charge < -0.3 is 4.52 Å². The van der Waals surface area contributed by atoms with Crippen molar-refractivity contribution in [3.8, 4) is 5.75 Å². The third-order valence-corrected chi connectivity index (χ3v) is 2.08. The van der Waals surface area contributed by atoms with Crippen LogP contribution < -0.4 is 4.52 Å². The predicted molar refractivity (Wildman–Crippen MR) is 51.5 cm³/mol. The molecule has 0 saturated heterocycles. The second kappa shape index (κ2) is 3.69. The zero-order chi connectivity index (χ0) is 9.19. The van der Waals surface area contributed by atoms with Gasteiger partial charge in [0.15, 0.2) is 0 Å². The molecular formula is C7H7Cl2O2P. The molecule has 1 atom stereocenters. The number of rotatable bonds is 2. The van der Waals surface area contributed by atoms with Crippen LogP contribution in [0.3, 0.4) is 0 Å². The van der Waals surface area contributed by atoms with Gasteiger partial charge in [-0.15, -0.1) is 0 Å². The van der Waals surface area contributed by atoms with Crippen LogP contribution in [0.25, 0.3) is 0 Å². The highest BCUT2D eigenvalue weighted by Gasteiger charge is 2.11. The Hall–Kier alpha value is -0.170. The van der Waals surface area contributed by atoms with Crippen LogP contribution in [0.5, 0.6) is 5.75 Å². The van der Waals surface area contributed by atoms with Gasteiger partial charge in [0, 0.05) is 11.7 Å². The molecule has 12 heavy (non-hydrogen) atoms. The van der Waals surface area contributed by atoms with Crippen molar-refractivity contribution in [3.05, 3.63) is 29.3 Å². The van der Waals surface area contributed by atoms with Crippen LogP contribution >= 0.6 is 29.6 Å². The summed E-state index contributed by atoms with van der Waals surface area (Å²) in [7, 11) is 0. The van der Waals surface area contributed by atoms with Crippen LogP contribution in [0, 0.1) is 0 Å². The van der Waals surface area contributed by atoms with Gasteiger partial charge in [-0.05, 0) is 35.5 Å². The number of hydrogen-bond acceptors (Lipinski definition) is 2. The molecule has 0 N–H and O–H groups in total. The summed E-state index contributed by atoms with van der Waals surface area (Å²) in [5, 5.41) is 0.600. The van der Waals surface area contributed by atoms with Crippen molar-refractivity contribution >= 4 is 29.6 Å². The molecule has 0 fully saturated rings. The van der Waals surface area contributed by atoms with Crippen molar-refractivity contribution in [2.24, 2.45) is 0 Å².